The van der Waals surface area contributed by atoms with E-state index in [-0.39, 0.29) is 52.7 Å². The Kier molecular flexibility index (Phi) is 22.7. The smallest absolute Gasteiger partial charge is 0.147 e. The van der Waals surface area contributed by atoms with Crippen LogP contribution in [-0.2, 0) is 9.59 Å². The first-order valence-electron chi connectivity index (χ1n) is 2.27. The molecule has 0 spiro atoms. The molecule has 0 rings (SSSR count). The third-order valence-corrected chi connectivity index (χ3v) is 3.13. The quantitative estimate of drug-likeness (QED) is 0.567. The van der Waals surface area contributed by atoms with E-state index < -0.39 is 0 Å². The summed E-state index contributed by atoms with van der Waals surface area (Å²) in [5.74, 6) is -0.0357. The molecule has 0 aliphatic rings. The van der Waals surface area contributed by atoms with E-state index in [9.17, 15) is 9.59 Å². The summed E-state index contributed by atoms with van der Waals surface area (Å²) < 4.78 is -0.317. The molecule has 67 valence electrons. The first-order valence-corrected chi connectivity index (χ1v) is 3.92. The molecule has 0 atom stereocenters. The van der Waals surface area contributed by atoms with Crippen LogP contribution in [0.3, 0.4) is 0 Å². The molecule has 3 radical (unpaired) electrons. The molecule has 0 saturated carbocycles. The summed E-state index contributed by atoms with van der Waals surface area (Å²) in [4.78, 5) is 20.8. The molecule has 0 aliphatic heterocycles. The molecule has 0 bridgehead atoms. The van der Waals surface area contributed by atoms with Gasteiger partial charge in [0.05, 0.1) is 0 Å². The number of carbonyl (C=O) groups excluding carboxylic acids is 2. The largest absolute Gasteiger partial charge is 0.147 e. The molecule has 0 aromatic heterocycles. The van der Waals surface area contributed by atoms with Crippen LogP contribution >= 0.6 is 37.2 Å². The van der Waals surface area contributed by atoms with Gasteiger partial charge in [-0.05, 0) is 0 Å². The van der Waals surface area contributed by atoms with Crippen molar-refractivity contribution < 1.29 is 9.59 Å². The summed E-state index contributed by atoms with van der Waals surface area (Å²) in [5, 5.41) is 0. The fourth-order valence-electron chi connectivity index (χ4n) is 0.286. The van der Waals surface area contributed by atoms with Gasteiger partial charge in [0.25, 0.3) is 0 Å². The Balaban J connectivity index is -0.0000000817. The predicted molar refractivity (Wildman–Crippen MR) is 52.6 cm³/mol. The third kappa shape index (κ3) is 11.0. The van der Waals surface area contributed by atoms with Crippen molar-refractivity contribution in [3.05, 3.63) is 0 Å². The molecular weight excluding hydrogens is 317 g/mol. The van der Waals surface area contributed by atoms with E-state index in [4.69, 9.17) is 0 Å². The summed E-state index contributed by atoms with van der Waals surface area (Å²) in [7, 11) is 0. The van der Waals surface area contributed by atoms with Gasteiger partial charge in [0.1, 0.15) is 0 Å². The summed E-state index contributed by atoms with van der Waals surface area (Å²) in [6.07, 6.45) is 0. The van der Waals surface area contributed by atoms with Crippen LogP contribution in [0.1, 0.15) is 13.8 Å². The van der Waals surface area contributed by atoms with Crippen LogP contribution in [0.15, 0.2) is 0 Å². The monoisotopic (exact) mass is 327 g/mol. The SMILES string of the molecule is CC(=O)[CH]([Sn])C(C)=O.Cl.Cl.Cl. The molecule has 0 fully saturated rings. The van der Waals surface area contributed by atoms with Crippen LogP contribution < -0.4 is 0 Å². The number of Topliss-reactive ketones (excluding diaryl/α,β-unsaturated/α-hetero) is 2. The standard InChI is InChI=1S/C5H7O2.3ClH.Sn/c1-4(6)3-5(2)7;;;;/h3H,1-2H3;3*1H;. The Morgan fingerprint density at radius 1 is 1.00 bits per heavy atom. The van der Waals surface area contributed by atoms with Crippen molar-refractivity contribution in [1.82, 2.24) is 0 Å². The molecule has 0 unspecified atom stereocenters. The normalized spacial score (nSPS) is 6.91. The Labute approximate surface area is 98.2 Å². The average molecular weight is 327 g/mol. The van der Waals surface area contributed by atoms with Gasteiger partial charge in [0.2, 0.25) is 0 Å². The van der Waals surface area contributed by atoms with Crippen molar-refractivity contribution in [3.63, 3.8) is 0 Å². The van der Waals surface area contributed by atoms with Crippen LogP contribution in [-0.4, -0.2) is 34.1 Å². The molecule has 11 heavy (non-hydrogen) atoms. The van der Waals surface area contributed by atoms with E-state index in [1.54, 1.807) is 0 Å². The molecular formula is C5H10Cl3O2Sn. The molecule has 0 saturated heterocycles. The first kappa shape index (κ1) is 22.7. The van der Waals surface area contributed by atoms with Gasteiger partial charge in [0, 0.05) is 0 Å². The van der Waals surface area contributed by atoms with E-state index in [1.165, 1.54) is 13.8 Å². The maximum absolute atomic E-state index is 10.4. The van der Waals surface area contributed by atoms with Gasteiger partial charge in [-0.15, -0.1) is 37.2 Å². The Morgan fingerprint density at radius 3 is 1.18 bits per heavy atom. The van der Waals surface area contributed by atoms with E-state index in [2.05, 4.69) is 0 Å². The fourth-order valence-corrected chi connectivity index (χ4v) is 0.286. The van der Waals surface area contributed by atoms with Crippen molar-refractivity contribution in [2.24, 2.45) is 0 Å². The molecule has 0 aromatic carbocycles. The summed E-state index contributed by atoms with van der Waals surface area (Å²) in [6, 6.07) is 0. The minimum Gasteiger partial charge on any atom is -0.147 e. The Morgan fingerprint density at radius 2 is 1.18 bits per heavy atom. The minimum absolute atomic E-state index is 0. The van der Waals surface area contributed by atoms with Crippen LogP contribution in [0, 0.1) is 0 Å². The third-order valence-electron chi connectivity index (χ3n) is 0.813. The molecule has 2 nitrogen and oxygen atoms in total. The van der Waals surface area contributed by atoms with Crippen LogP contribution in [0.5, 0.6) is 0 Å². The fraction of sp³-hybridized carbons (Fsp3) is 0.600. The summed E-state index contributed by atoms with van der Waals surface area (Å²) in [6.45, 7) is 2.89. The predicted octanol–water partition coefficient (Wildman–Crippen LogP) is 1.39. The second-order valence-corrected chi connectivity index (χ2v) is 3.30. The number of rotatable bonds is 2. The molecule has 0 aliphatic carbocycles. The van der Waals surface area contributed by atoms with E-state index in [0.29, 0.717) is 0 Å². The summed E-state index contributed by atoms with van der Waals surface area (Å²) in [5.41, 5.74) is 0. The number of halogens is 3. The van der Waals surface area contributed by atoms with E-state index in [1.807, 2.05) is 0 Å². The van der Waals surface area contributed by atoms with Gasteiger partial charge >= 0.3 is 61.5 Å². The Bertz CT molecular complexity index is 115. The van der Waals surface area contributed by atoms with Gasteiger partial charge in [-0.1, -0.05) is 0 Å². The van der Waals surface area contributed by atoms with Crippen LogP contribution in [0.4, 0.5) is 0 Å². The van der Waals surface area contributed by atoms with Crippen molar-refractivity contribution in [2.45, 2.75) is 17.8 Å². The van der Waals surface area contributed by atoms with Gasteiger partial charge in [-0.3, -0.25) is 0 Å². The minimum atomic E-state index is -0.317. The number of hydrogen-bond donors (Lipinski definition) is 0. The summed E-state index contributed by atoms with van der Waals surface area (Å²) >= 11 is 0.996. The molecule has 0 heterocycles. The zero-order valence-corrected chi connectivity index (χ0v) is 11.4. The van der Waals surface area contributed by atoms with Gasteiger partial charge in [-0.2, -0.15) is 0 Å². The second kappa shape index (κ2) is 11.0. The van der Waals surface area contributed by atoms with Gasteiger partial charge < -0.3 is 0 Å². The van der Waals surface area contributed by atoms with Crippen molar-refractivity contribution in [2.75, 3.05) is 0 Å². The number of hydrogen-bond acceptors (Lipinski definition) is 2. The average Bonchev–Trinajstić information content (AvgIpc) is 1.64. The van der Waals surface area contributed by atoms with E-state index >= 15 is 0 Å². The van der Waals surface area contributed by atoms with E-state index in [0.717, 1.165) is 22.5 Å². The zero-order chi connectivity index (χ0) is 6.73. The molecule has 0 amide bonds. The zero-order valence-electron chi connectivity index (χ0n) is 6.12. The Hall–Kier alpha value is 1.01. The van der Waals surface area contributed by atoms with Gasteiger partial charge in [-0.25, -0.2) is 0 Å². The number of ketones is 2. The topological polar surface area (TPSA) is 34.1 Å². The van der Waals surface area contributed by atoms with Gasteiger partial charge in [0.15, 0.2) is 0 Å². The molecule has 0 N–H and O–H groups in total. The maximum Gasteiger partial charge on any atom is -0.147 e. The molecule has 6 heteroatoms. The van der Waals surface area contributed by atoms with Crippen molar-refractivity contribution in [1.29, 1.82) is 0 Å². The molecule has 0 aromatic rings. The maximum atomic E-state index is 10.4. The van der Waals surface area contributed by atoms with Crippen LogP contribution in [0.25, 0.3) is 0 Å². The van der Waals surface area contributed by atoms with Crippen LogP contribution in [0.2, 0.25) is 3.93 Å². The first-order chi connectivity index (χ1) is 3.55. The van der Waals surface area contributed by atoms with Crippen molar-refractivity contribution >= 4 is 71.3 Å². The number of carbonyl (C=O) groups is 2. The second-order valence-electron chi connectivity index (χ2n) is 1.65. The van der Waals surface area contributed by atoms with Crippen molar-refractivity contribution in [3.8, 4) is 0 Å².